The van der Waals surface area contributed by atoms with Gasteiger partial charge in [-0.05, 0) is 61.2 Å². The maximum atomic E-state index is 8.81. The molecule has 86 valence electrons. The summed E-state index contributed by atoms with van der Waals surface area (Å²) in [6, 6.07) is 0. The summed E-state index contributed by atoms with van der Waals surface area (Å²) in [6.45, 7) is 3.09. The Balaban J connectivity index is 1.76. The van der Waals surface area contributed by atoms with Gasteiger partial charge in [-0.3, -0.25) is 0 Å². The van der Waals surface area contributed by atoms with Gasteiger partial charge >= 0.3 is 0 Å². The molecule has 0 saturated heterocycles. The lowest BCUT2D eigenvalue weighted by Gasteiger charge is -2.42. The molecule has 3 saturated carbocycles. The highest BCUT2D eigenvalue weighted by Gasteiger charge is 2.56. The zero-order valence-electron chi connectivity index (χ0n) is 9.61. The zero-order valence-corrected chi connectivity index (χ0v) is 9.61. The van der Waals surface area contributed by atoms with Crippen LogP contribution in [0.1, 0.15) is 39.0 Å². The Morgan fingerprint density at radius 1 is 1.20 bits per heavy atom. The van der Waals surface area contributed by atoms with Crippen LogP contribution in [0.25, 0.3) is 0 Å². The summed E-state index contributed by atoms with van der Waals surface area (Å²) in [5.74, 6) is 3.91. The van der Waals surface area contributed by atoms with E-state index in [0.717, 1.165) is 30.3 Å². The lowest BCUT2D eigenvalue weighted by molar-refractivity contribution is -0.0502. The van der Waals surface area contributed by atoms with Crippen LogP contribution in [0, 0.1) is 29.1 Å². The van der Waals surface area contributed by atoms with Crippen LogP contribution in [0.4, 0.5) is 0 Å². The number of hydrogen-bond acceptors (Lipinski definition) is 2. The molecular weight excluding hydrogens is 188 g/mol. The maximum absolute atomic E-state index is 8.81. The SMILES string of the molecule is CC1CC2CC3C[C@](COCO)(C1)CC23. The molecule has 3 fully saturated rings. The van der Waals surface area contributed by atoms with E-state index in [-0.39, 0.29) is 6.79 Å². The fourth-order valence-electron chi connectivity index (χ4n) is 4.85. The van der Waals surface area contributed by atoms with Gasteiger partial charge in [-0.25, -0.2) is 0 Å². The number of aliphatic hydroxyl groups is 1. The minimum absolute atomic E-state index is 0.102. The molecule has 2 bridgehead atoms. The first-order valence-corrected chi connectivity index (χ1v) is 6.41. The summed E-state index contributed by atoms with van der Waals surface area (Å²) in [4.78, 5) is 0. The highest BCUT2D eigenvalue weighted by molar-refractivity contribution is 5.06. The average molecular weight is 210 g/mol. The molecule has 2 nitrogen and oxygen atoms in total. The van der Waals surface area contributed by atoms with Crippen molar-refractivity contribution in [3.63, 3.8) is 0 Å². The number of fused-ring (bicyclic) bond motifs is 1. The highest BCUT2D eigenvalue weighted by Crippen LogP contribution is 2.64. The Kier molecular flexibility index (Phi) is 2.33. The van der Waals surface area contributed by atoms with Gasteiger partial charge in [0.2, 0.25) is 0 Å². The second kappa shape index (κ2) is 3.46. The van der Waals surface area contributed by atoms with Crippen LogP contribution in [-0.2, 0) is 4.74 Å². The van der Waals surface area contributed by atoms with E-state index >= 15 is 0 Å². The number of rotatable bonds is 3. The molecule has 2 heteroatoms. The van der Waals surface area contributed by atoms with Crippen molar-refractivity contribution < 1.29 is 9.84 Å². The summed E-state index contributed by atoms with van der Waals surface area (Å²) < 4.78 is 5.32. The Morgan fingerprint density at radius 2 is 2.07 bits per heavy atom. The Labute approximate surface area is 92.0 Å². The molecule has 3 rings (SSSR count). The van der Waals surface area contributed by atoms with Crippen LogP contribution in [0.15, 0.2) is 0 Å². The normalized spacial score (nSPS) is 52.4. The molecule has 0 aromatic rings. The minimum Gasteiger partial charge on any atom is -0.371 e. The van der Waals surface area contributed by atoms with E-state index in [2.05, 4.69) is 6.92 Å². The van der Waals surface area contributed by atoms with Gasteiger partial charge < -0.3 is 9.84 Å². The van der Waals surface area contributed by atoms with Crippen LogP contribution in [0.3, 0.4) is 0 Å². The lowest BCUT2D eigenvalue weighted by Crippen LogP contribution is -2.34. The molecule has 15 heavy (non-hydrogen) atoms. The standard InChI is InChI=1S/C13H22O2/c1-9-2-10-3-11-5-13(4-9,6-12(10)11)7-15-8-14/h9-12,14H,2-8H2,1H3/t9?,10?,11?,12?,13-/m1/s1. The largest absolute Gasteiger partial charge is 0.371 e. The number of ether oxygens (including phenoxy) is 1. The molecule has 3 aliphatic carbocycles. The molecule has 0 aliphatic heterocycles. The van der Waals surface area contributed by atoms with Crippen molar-refractivity contribution >= 4 is 0 Å². The molecule has 3 aliphatic rings. The van der Waals surface area contributed by atoms with Crippen molar-refractivity contribution in [1.82, 2.24) is 0 Å². The first-order valence-electron chi connectivity index (χ1n) is 6.41. The van der Waals surface area contributed by atoms with Gasteiger partial charge in [-0.2, -0.15) is 0 Å². The van der Waals surface area contributed by atoms with Crippen molar-refractivity contribution in [2.45, 2.75) is 39.0 Å². The van der Waals surface area contributed by atoms with Gasteiger partial charge in [0, 0.05) is 0 Å². The topological polar surface area (TPSA) is 29.5 Å². The van der Waals surface area contributed by atoms with Gasteiger partial charge in [0.25, 0.3) is 0 Å². The quantitative estimate of drug-likeness (QED) is 0.725. The third-order valence-corrected chi connectivity index (χ3v) is 5.17. The van der Waals surface area contributed by atoms with Crippen molar-refractivity contribution in [3.8, 4) is 0 Å². The fourth-order valence-corrected chi connectivity index (χ4v) is 4.85. The molecule has 1 N–H and O–H groups in total. The molecule has 0 aromatic heterocycles. The average Bonchev–Trinajstić information content (AvgIpc) is 2.39. The highest BCUT2D eigenvalue weighted by atomic mass is 16.6. The van der Waals surface area contributed by atoms with Gasteiger partial charge in [0.15, 0.2) is 0 Å². The number of hydrogen-bond donors (Lipinski definition) is 1. The molecule has 0 spiro atoms. The van der Waals surface area contributed by atoms with Gasteiger partial charge in [-0.1, -0.05) is 6.92 Å². The summed E-state index contributed by atoms with van der Waals surface area (Å²) >= 11 is 0. The van der Waals surface area contributed by atoms with E-state index in [0.29, 0.717) is 5.41 Å². The first-order chi connectivity index (χ1) is 7.22. The molecule has 0 radical (unpaired) electrons. The van der Waals surface area contributed by atoms with Crippen LogP contribution in [0.5, 0.6) is 0 Å². The zero-order chi connectivity index (χ0) is 10.5. The molecular formula is C13H22O2. The predicted octanol–water partition coefficient (Wildman–Crippen LogP) is 2.42. The number of aliphatic hydroxyl groups excluding tert-OH is 1. The van der Waals surface area contributed by atoms with Crippen molar-refractivity contribution in [2.24, 2.45) is 29.1 Å². The molecule has 4 unspecified atom stereocenters. The summed E-state index contributed by atoms with van der Waals surface area (Å²) in [5.41, 5.74) is 0.433. The fraction of sp³-hybridized carbons (Fsp3) is 1.00. The molecule has 0 amide bonds. The first kappa shape index (κ1) is 10.1. The summed E-state index contributed by atoms with van der Waals surface area (Å²) in [7, 11) is 0. The maximum Gasteiger partial charge on any atom is 0.143 e. The Hall–Kier alpha value is -0.0800. The van der Waals surface area contributed by atoms with Crippen LogP contribution in [-0.4, -0.2) is 18.5 Å². The third kappa shape index (κ3) is 1.53. The van der Waals surface area contributed by atoms with Crippen LogP contribution in [0.2, 0.25) is 0 Å². The molecule has 5 atom stereocenters. The Morgan fingerprint density at radius 3 is 2.87 bits per heavy atom. The van der Waals surface area contributed by atoms with E-state index < -0.39 is 0 Å². The predicted molar refractivity (Wildman–Crippen MR) is 58.2 cm³/mol. The monoisotopic (exact) mass is 210 g/mol. The van der Waals surface area contributed by atoms with Crippen LogP contribution < -0.4 is 0 Å². The van der Waals surface area contributed by atoms with Gasteiger partial charge in [0.1, 0.15) is 6.79 Å². The van der Waals surface area contributed by atoms with E-state index in [9.17, 15) is 0 Å². The van der Waals surface area contributed by atoms with Crippen LogP contribution >= 0.6 is 0 Å². The van der Waals surface area contributed by atoms with Crippen molar-refractivity contribution in [3.05, 3.63) is 0 Å². The van der Waals surface area contributed by atoms with Gasteiger partial charge in [-0.15, -0.1) is 0 Å². The second-order valence-corrected chi connectivity index (χ2v) is 6.35. The van der Waals surface area contributed by atoms with E-state index in [1.165, 1.54) is 32.1 Å². The lowest BCUT2D eigenvalue weighted by atomic mass is 9.63. The van der Waals surface area contributed by atoms with E-state index in [1.54, 1.807) is 0 Å². The van der Waals surface area contributed by atoms with E-state index in [4.69, 9.17) is 9.84 Å². The molecule has 0 aromatic carbocycles. The summed E-state index contributed by atoms with van der Waals surface area (Å²) in [6.07, 6.45) is 7.01. The van der Waals surface area contributed by atoms with Crippen molar-refractivity contribution in [1.29, 1.82) is 0 Å². The van der Waals surface area contributed by atoms with Gasteiger partial charge in [0.05, 0.1) is 6.61 Å². The second-order valence-electron chi connectivity index (χ2n) is 6.35. The minimum atomic E-state index is -0.102. The van der Waals surface area contributed by atoms with E-state index in [1.807, 2.05) is 0 Å². The smallest absolute Gasteiger partial charge is 0.143 e. The third-order valence-electron chi connectivity index (χ3n) is 5.17. The Bertz CT molecular complexity index is 249. The molecule has 0 heterocycles. The van der Waals surface area contributed by atoms with Crippen molar-refractivity contribution in [2.75, 3.05) is 13.4 Å². The summed E-state index contributed by atoms with van der Waals surface area (Å²) in [5, 5.41) is 8.81.